The molecule has 0 radical (unpaired) electrons. The van der Waals surface area contributed by atoms with E-state index in [-0.39, 0.29) is 11.4 Å². The highest BCUT2D eigenvalue weighted by Crippen LogP contribution is 2.30. The van der Waals surface area contributed by atoms with Crippen molar-refractivity contribution in [2.75, 3.05) is 5.32 Å². The molecule has 0 fully saturated rings. The van der Waals surface area contributed by atoms with Crippen molar-refractivity contribution in [3.05, 3.63) is 95.2 Å². The number of rotatable bonds is 6. The molecule has 0 spiro atoms. The summed E-state index contributed by atoms with van der Waals surface area (Å²) in [5.41, 5.74) is 3.01. The summed E-state index contributed by atoms with van der Waals surface area (Å²) < 4.78 is 20.3. The van der Waals surface area contributed by atoms with Gasteiger partial charge in [0.25, 0.3) is 0 Å². The fraction of sp³-hybridized carbons (Fsp3) is 0.0870. The summed E-state index contributed by atoms with van der Waals surface area (Å²) >= 11 is 5.17. The van der Waals surface area contributed by atoms with Gasteiger partial charge >= 0.3 is 0 Å². The molecule has 0 aliphatic rings. The summed E-state index contributed by atoms with van der Waals surface area (Å²) in [6.45, 7) is 2.28. The van der Waals surface area contributed by atoms with Gasteiger partial charge in [-0.15, -0.1) is 0 Å². The Morgan fingerprint density at radius 1 is 1.07 bits per heavy atom. The van der Waals surface area contributed by atoms with Crippen LogP contribution in [0, 0.1) is 24.3 Å². The topological polar surface area (TPSA) is 59.9 Å². The van der Waals surface area contributed by atoms with Crippen LogP contribution >= 0.6 is 0 Å². The summed E-state index contributed by atoms with van der Waals surface area (Å²) in [5, 5.41) is 3.77. The van der Waals surface area contributed by atoms with E-state index in [2.05, 4.69) is 20.3 Å². The molecule has 0 atom stereocenters. The van der Waals surface area contributed by atoms with Gasteiger partial charge in [0.05, 0.1) is 11.8 Å². The number of ether oxygens (including phenoxy) is 1. The van der Waals surface area contributed by atoms with Crippen LogP contribution in [0.3, 0.4) is 0 Å². The average Bonchev–Trinajstić information content (AvgIpc) is 2.77. The summed E-state index contributed by atoms with van der Waals surface area (Å²) in [6, 6.07) is 16.0. The highest BCUT2D eigenvalue weighted by atomic mass is 35.5. The van der Waals surface area contributed by atoms with Crippen molar-refractivity contribution in [1.82, 2.24) is 15.0 Å². The number of halogens is 2. The molecule has 2 aromatic heterocycles. The molecule has 0 saturated carbocycles. The lowest BCUT2D eigenvalue weighted by molar-refractivity contribution is -0.288. The zero-order valence-electron chi connectivity index (χ0n) is 16.2. The van der Waals surface area contributed by atoms with Crippen LogP contribution in [0.2, 0.25) is 5.02 Å². The SMILES string of the molecule is Cc1cnccc1Nc1nc(-c2cc([ClH+])ccc2F)ncc1OCc1ccccc1. The van der Waals surface area contributed by atoms with E-state index in [4.69, 9.17) is 16.3 Å². The molecule has 0 aliphatic carbocycles. The van der Waals surface area contributed by atoms with Crippen LogP contribution in [0.4, 0.5) is 15.9 Å². The second-order valence-electron chi connectivity index (χ2n) is 6.64. The minimum atomic E-state index is -0.437. The van der Waals surface area contributed by atoms with Crippen molar-refractivity contribution < 1.29 is 20.7 Å². The van der Waals surface area contributed by atoms with Gasteiger partial charge in [-0.2, -0.15) is 0 Å². The molecule has 150 valence electrons. The molecule has 0 saturated heterocycles. The smallest absolute Gasteiger partial charge is 0.226 e. The molecule has 0 amide bonds. The molecular weight excluding hydrogens is 403 g/mol. The molecular formula is C23H19ClFN4O+. The van der Waals surface area contributed by atoms with Gasteiger partial charge in [-0.25, -0.2) is 14.4 Å². The van der Waals surface area contributed by atoms with Gasteiger partial charge in [0.15, 0.2) is 29.0 Å². The van der Waals surface area contributed by atoms with E-state index in [9.17, 15) is 4.39 Å². The Bertz CT molecular complexity index is 1170. The zero-order valence-corrected chi connectivity index (χ0v) is 17.0. The van der Waals surface area contributed by atoms with Gasteiger partial charge in [-0.3, -0.25) is 4.98 Å². The van der Waals surface area contributed by atoms with Crippen LogP contribution in [-0.2, 0) is 6.61 Å². The van der Waals surface area contributed by atoms with Crippen molar-refractivity contribution in [3.8, 4) is 17.1 Å². The maximum absolute atomic E-state index is 14.4. The molecule has 2 aromatic carbocycles. The second-order valence-corrected chi connectivity index (χ2v) is 7.11. The van der Waals surface area contributed by atoms with E-state index in [1.54, 1.807) is 24.7 Å². The molecule has 2 heterocycles. The Hall–Kier alpha value is -3.51. The third-order valence-electron chi connectivity index (χ3n) is 4.44. The summed E-state index contributed by atoms with van der Waals surface area (Å²) in [7, 11) is 0. The number of hydrogen-bond donors (Lipinski definition) is 1. The summed E-state index contributed by atoms with van der Waals surface area (Å²) in [5.74, 6) is 0.668. The minimum Gasteiger partial charge on any atom is -0.483 e. The number of nitrogens with one attached hydrogen (secondary N) is 1. The van der Waals surface area contributed by atoms with Gasteiger partial charge < -0.3 is 10.1 Å². The van der Waals surface area contributed by atoms with Crippen LogP contribution in [-0.4, -0.2) is 15.0 Å². The van der Waals surface area contributed by atoms with E-state index >= 15 is 0 Å². The first-order chi connectivity index (χ1) is 14.6. The molecule has 0 bridgehead atoms. The fourth-order valence-electron chi connectivity index (χ4n) is 2.85. The van der Waals surface area contributed by atoms with Crippen molar-refractivity contribution in [3.63, 3.8) is 0 Å². The van der Waals surface area contributed by atoms with Crippen LogP contribution in [0.1, 0.15) is 11.1 Å². The third-order valence-corrected chi connectivity index (χ3v) is 4.70. The number of aromatic nitrogens is 3. The largest absolute Gasteiger partial charge is 0.483 e. The maximum atomic E-state index is 14.4. The standard InChI is InChI=1S/C23H19ClFN4O/c1-15-12-26-10-9-20(15)28-23-21(30-14-16-5-3-2-4-6-16)13-27-22(29-23)18-11-17(24)7-8-19(18)25/h2-13,24H,14H2,1H3,(H,26,27,28,29)/q+1. The highest BCUT2D eigenvalue weighted by Gasteiger charge is 2.16. The number of hydrogen-bond acceptors (Lipinski definition) is 5. The first kappa shape index (κ1) is 19.8. The monoisotopic (exact) mass is 421 g/mol. The van der Waals surface area contributed by atoms with Gasteiger partial charge in [0.1, 0.15) is 12.4 Å². The Balaban J connectivity index is 1.71. The summed E-state index contributed by atoms with van der Waals surface area (Å²) in [4.78, 5) is 13.0. The molecule has 5 nitrogen and oxygen atoms in total. The van der Waals surface area contributed by atoms with E-state index in [1.165, 1.54) is 12.1 Å². The Morgan fingerprint density at radius 2 is 1.90 bits per heavy atom. The Morgan fingerprint density at radius 3 is 2.70 bits per heavy atom. The Labute approximate surface area is 178 Å². The van der Waals surface area contributed by atoms with Crippen molar-refractivity contribution >= 4 is 11.5 Å². The molecule has 4 rings (SSSR count). The molecule has 0 aliphatic heterocycles. The van der Waals surface area contributed by atoms with Crippen molar-refractivity contribution in [2.24, 2.45) is 0 Å². The predicted molar refractivity (Wildman–Crippen MR) is 111 cm³/mol. The minimum absolute atomic E-state index is 0.223. The molecule has 7 heteroatoms. The average molecular weight is 422 g/mol. The summed E-state index contributed by atoms with van der Waals surface area (Å²) in [6.07, 6.45) is 4.97. The molecule has 30 heavy (non-hydrogen) atoms. The highest BCUT2D eigenvalue weighted by molar-refractivity contribution is 5.67. The first-order valence-corrected chi connectivity index (χ1v) is 9.69. The van der Waals surface area contributed by atoms with Gasteiger partial charge in [-0.05, 0) is 30.2 Å². The fourth-order valence-corrected chi connectivity index (χ4v) is 3.03. The van der Waals surface area contributed by atoms with Gasteiger partial charge in [0, 0.05) is 30.2 Å². The zero-order chi connectivity index (χ0) is 20.9. The third kappa shape index (κ3) is 4.55. The molecule has 4 aromatic rings. The lowest BCUT2D eigenvalue weighted by Crippen LogP contribution is -2.05. The lowest BCUT2D eigenvalue weighted by Gasteiger charge is -2.14. The normalized spacial score (nSPS) is 10.6. The van der Waals surface area contributed by atoms with Crippen molar-refractivity contribution in [2.45, 2.75) is 13.5 Å². The molecule has 1 N–H and O–H groups in total. The Kier molecular flexibility index (Phi) is 5.86. The first-order valence-electron chi connectivity index (χ1n) is 9.28. The second kappa shape index (κ2) is 8.88. The number of benzene rings is 2. The van der Waals surface area contributed by atoms with Crippen LogP contribution in [0.15, 0.2) is 73.2 Å². The number of aryl methyl sites for hydroxylation is 1. The van der Waals surface area contributed by atoms with Crippen LogP contribution in [0.5, 0.6) is 5.75 Å². The maximum Gasteiger partial charge on any atom is 0.226 e. The van der Waals surface area contributed by atoms with Crippen molar-refractivity contribution in [1.29, 1.82) is 0 Å². The van der Waals surface area contributed by atoms with Gasteiger partial charge in [0.2, 0.25) is 5.02 Å². The number of pyridine rings is 1. The number of nitrogens with zero attached hydrogens (tertiary/aromatic N) is 3. The van der Waals surface area contributed by atoms with E-state index < -0.39 is 5.82 Å². The van der Waals surface area contributed by atoms with E-state index in [0.29, 0.717) is 23.2 Å². The predicted octanol–water partition coefficient (Wildman–Crippen LogP) is 5.00. The van der Waals surface area contributed by atoms with E-state index in [0.717, 1.165) is 16.8 Å². The number of anilines is 2. The molecule has 0 unspecified atom stereocenters. The van der Waals surface area contributed by atoms with Crippen LogP contribution in [0.25, 0.3) is 11.4 Å². The quantitative estimate of drug-likeness (QED) is 0.474. The van der Waals surface area contributed by atoms with Crippen LogP contribution < -0.4 is 10.1 Å². The van der Waals surface area contributed by atoms with E-state index in [1.807, 2.05) is 43.3 Å². The van der Waals surface area contributed by atoms with Gasteiger partial charge in [-0.1, -0.05) is 30.3 Å². The lowest BCUT2D eigenvalue weighted by atomic mass is 10.2.